The normalized spacial score (nSPS) is 13.3. The lowest BCUT2D eigenvalue weighted by molar-refractivity contribution is 0.204. The topological polar surface area (TPSA) is 34.2 Å². The van der Waals surface area contributed by atoms with Crippen LogP contribution >= 0.6 is 0 Å². The van der Waals surface area contributed by atoms with E-state index in [0.717, 1.165) is 5.56 Å². The van der Waals surface area contributed by atoms with Crippen LogP contribution in [0.3, 0.4) is 0 Å². The lowest BCUT2D eigenvalue weighted by Gasteiger charge is -2.34. The van der Waals surface area contributed by atoms with Crippen LogP contribution in [0.5, 0.6) is 0 Å². The van der Waals surface area contributed by atoms with Gasteiger partial charge in [0.05, 0.1) is 23.2 Å². The molecule has 0 amide bonds. The van der Waals surface area contributed by atoms with Crippen LogP contribution < -0.4 is 5.73 Å². The van der Waals surface area contributed by atoms with E-state index in [1.807, 2.05) is 18.2 Å². The zero-order valence-corrected chi connectivity index (χ0v) is 20.3. The molecule has 0 aliphatic rings. The fraction of sp³-hybridized carbons (Fsp3) is 0.0909. The molecule has 5 aromatic carbocycles. The largest absolute Gasteiger partial charge is 0.312 e. The number of rotatable bonds is 6. The number of aromatic nitrogens is 1. The monoisotopic (exact) mass is 467 g/mol. The predicted molar refractivity (Wildman–Crippen MR) is 150 cm³/mol. The summed E-state index contributed by atoms with van der Waals surface area (Å²) in [6.45, 7) is 0. The Bertz CT molecular complexity index is 1600. The van der Waals surface area contributed by atoms with Gasteiger partial charge in [0.15, 0.2) is 0 Å². The number of nitrogens with two attached hydrogens (primary N) is 1. The first kappa shape index (κ1) is 22.3. The first-order valence-electron chi connectivity index (χ1n) is 12.4. The molecule has 0 bridgehead atoms. The molecular weight excluding hydrogens is 438 g/mol. The van der Waals surface area contributed by atoms with E-state index in [9.17, 15) is 0 Å². The average Bonchev–Trinajstić information content (AvgIpc) is 3.28. The third-order valence-corrected chi connectivity index (χ3v) is 7.13. The second-order valence-corrected chi connectivity index (χ2v) is 9.30. The highest BCUT2D eigenvalue weighted by Gasteiger charge is 2.25. The van der Waals surface area contributed by atoms with Gasteiger partial charge in [-0.2, -0.15) is 0 Å². The summed E-state index contributed by atoms with van der Waals surface area (Å²) in [5, 5.41) is 2.49. The number of hydrogen-bond donors (Lipinski definition) is 1. The molecule has 0 saturated carbocycles. The fourth-order valence-corrected chi connectivity index (χ4v) is 5.36. The summed E-state index contributed by atoms with van der Waals surface area (Å²) in [5.74, 6) is 0. The van der Waals surface area contributed by atoms with Gasteiger partial charge in [0.2, 0.25) is 0 Å². The van der Waals surface area contributed by atoms with Crippen LogP contribution in [0.25, 0.3) is 27.5 Å². The van der Waals surface area contributed by atoms with Crippen molar-refractivity contribution < 1.29 is 0 Å². The van der Waals surface area contributed by atoms with Gasteiger partial charge in [-0.3, -0.25) is 4.90 Å². The van der Waals surface area contributed by atoms with Crippen molar-refractivity contribution in [3.8, 4) is 5.69 Å². The second-order valence-electron chi connectivity index (χ2n) is 9.30. The van der Waals surface area contributed by atoms with E-state index < -0.39 is 0 Å². The van der Waals surface area contributed by atoms with Crippen molar-refractivity contribution in [2.24, 2.45) is 5.73 Å². The van der Waals surface area contributed by atoms with Crippen molar-refractivity contribution in [2.45, 2.75) is 12.2 Å². The third kappa shape index (κ3) is 3.89. The molecule has 36 heavy (non-hydrogen) atoms. The van der Waals surface area contributed by atoms with Crippen LogP contribution in [0.2, 0.25) is 0 Å². The minimum absolute atomic E-state index is 0.00430. The first-order valence-corrected chi connectivity index (χ1v) is 12.4. The van der Waals surface area contributed by atoms with Crippen molar-refractivity contribution in [2.75, 3.05) is 7.05 Å². The lowest BCUT2D eigenvalue weighted by atomic mass is 9.94. The Labute approximate surface area is 212 Å². The van der Waals surface area contributed by atoms with Crippen LogP contribution in [0.4, 0.5) is 0 Å². The molecule has 6 rings (SSSR count). The van der Waals surface area contributed by atoms with Crippen LogP contribution in [0.1, 0.15) is 28.9 Å². The van der Waals surface area contributed by atoms with E-state index in [1.165, 1.54) is 38.6 Å². The zero-order valence-electron chi connectivity index (χ0n) is 20.3. The summed E-state index contributed by atoms with van der Waals surface area (Å²) >= 11 is 0. The van der Waals surface area contributed by atoms with Gasteiger partial charge in [0.25, 0.3) is 0 Å². The van der Waals surface area contributed by atoms with Crippen molar-refractivity contribution >= 4 is 21.8 Å². The van der Waals surface area contributed by atoms with Gasteiger partial charge in [-0.05, 0) is 54.1 Å². The molecule has 3 nitrogen and oxygen atoms in total. The van der Waals surface area contributed by atoms with Crippen molar-refractivity contribution in [3.63, 3.8) is 0 Å². The summed E-state index contributed by atoms with van der Waals surface area (Å²) in [6, 6.07) is 47.1. The maximum absolute atomic E-state index is 6.82. The molecule has 1 aromatic heterocycles. The van der Waals surface area contributed by atoms with Gasteiger partial charge < -0.3 is 10.3 Å². The van der Waals surface area contributed by atoms with Crippen LogP contribution in [-0.2, 0) is 0 Å². The molecule has 1 heterocycles. The van der Waals surface area contributed by atoms with Crippen LogP contribution in [-0.4, -0.2) is 16.5 Å². The van der Waals surface area contributed by atoms with E-state index in [-0.39, 0.29) is 12.2 Å². The lowest BCUT2D eigenvalue weighted by Crippen LogP contribution is -2.35. The Morgan fingerprint density at radius 1 is 0.556 bits per heavy atom. The van der Waals surface area contributed by atoms with Gasteiger partial charge in [0, 0.05) is 16.5 Å². The molecule has 0 aliphatic carbocycles. The fourth-order valence-electron chi connectivity index (χ4n) is 5.36. The smallest absolute Gasteiger partial charge is 0.0840 e. The van der Waals surface area contributed by atoms with Crippen molar-refractivity contribution in [1.82, 2.24) is 9.47 Å². The highest BCUT2D eigenvalue weighted by Crippen LogP contribution is 2.37. The SMILES string of the molecule is CN(C(N)c1ccccc1)C(c1ccccc1)c1ccc2c(c1)c1ccccc1n2-c1ccccc1. The van der Waals surface area contributed by atoms with Gasteiger partial charge in [-0.25, -0.2) is 0 Å². The number of fused-ring (bicyclic) bond motifs is 3. The predicted octanol–water partition coefficient (Wildman–Crippen LogP) is 7.46. The number of hydrogen-bond acceptors (Lipinski definition) is 2. The van der Waals surface area contributed by atoms with E-state index in [0.29, 0.717) is 0 Å². The van der Waals surface area contributed by atoms with Crippen LogP contribution in [0, 0.1) is 0 Å². The Balaban J connectivity index is 1.54. The molecule has 0 fully saturated rings. The summed E-state index contributed by atoms with van der Waals surface area (Å²) in [7, 11) is 2.12. The summed E-state index contributed by atoms with van der Waals surface area (Å²) in [6.07, 6.45) is -0.238. The summed E-state index contributed by atoms with van der Waals surface area (Å²) in [4.78, 5) is 2.27. The maximum Gasteiger partial charge on any atom is 0.0840 e. The standard InChI is InChI=1S/C33H29N3/c1-35(33(34)25-15-7-3-8-16-25)32(24-13-5-2-6-14-24)26-21-22-31-29(23-26)28-19-11-12-20-30(28)36(31)27-17-9-4-10-18-27/h2-23,32-33H,34H2,1H3. The number of para-hydroxylation sites is 2. The molecule has 2 N–H and O–H groups in total. The van der Waals surface area contributed by atoms with Crippen molar-refractivity contribution in [1.29, 1.82) is 0 Å². The third-order valence-electron chi connectivity index (χ3n) is 7.13. The molecule has 176 valence electrons. The highest BCUT2D eigenvalue weighted by molar-refractivity contribution is 6.09. The van der Waals surface area contributed by atoms with Gasteiger partial charge in [-0.15, -0.1) is 0 Å². The molecular formula is C33H29N3. The summed E-state index contributed by atoms with van der Waals surface area (Å²) in [5.41, 5.74) is 13.9. The van der Waals surface area contributed by atoms with E-state index in [2.05, 4.69) is 132 Å². The Morgan fingerprint density at radius 2 is 1.11 bits per heavy atom. The van der Waals surface area contributed by atoms with E-state index >= 15 is 0 Å². The van der Waals surface area contributed by atoms with E-state index in [4.69, 9.17) is 5.73 Å². The zero-order chi connectivity index (χ0) is 24.5. The highest BCUT2D eigenvalue weighted by atomic mass is 15.2. The van der Waals surface area contributed by atoms with Gasteiger partial charge >= 0.3 is 0 Å². The number of benzene rings is 5. The number of nitrogens with zero attached hydrogens (tertiary/aromatic N) is 2. The Kier molecular flexibility index (Phi) is 5.86. The minimum atomic E-state index is -0.238. The maximum atomic E-state index is 6.82. The average molecular weight is 468 g/mol. The van der Waals surface area contributed by atoms with E-state index in [1.54, 1.807) is 0 Å². The molecule has 2 unspecified atom stereocenters. The molecule has 0 radical (unpaired) electrons. The Morgan fingerprint density at radius 3 is 1.81 bits per heavy atom. The molecule has 6 aromatic rings. The van der Waals surface area contributed by atoms with Crippen molar-refractivity contribution in [3.05, 3.63) is 150 Å². The molecule has 3 heteroatoms. The van der Waals surface area contributed by atoms with Gasteiger partial charge in [-0.1, -0.05) is 103 Å². The van der Waals surface area contributed by atoms with Crippen LogP contribution in [0.15, 0.2) is 133 Å². The Hall–Kier alpha value is -4.18. The molecule has 0 saturated heterocycles. The second kappa shape index (κ2) is 9.46. The van der Waals surface area contributed by atoms with Gasteiger partial charge in [0.1, 0.15) is 0 Å². The molecule has 0 spiro atoms. The summed E-state index contributed by atoms with van der Waals surface area (Å²) < 4.78 is 2.35. The molecule has 0 aliphatic heterocycles. The quantitative estimate of drug-likeness (QED) is 0.258. The minimum Gasteiger partial charge on any atom is -0.312 e. The first-order chi connectivity index (χ1) is 17.7. The molecule has 2 atom stereocenters.